The Bertz CT molecular complexity index is 338. The largest absolute Gasteiger partial charge is 0.312 e. The van der Waals surface area contributed by atoms with Crippen LogP contribution in [0.25, 0.3) is 0 Å². The van der Waals surface area contributed by atoms with E-state index in [0.29, 0.717) is 0 Å². The van der Waals surface area contributed by atoms with Crippen molar-refractivity contribution in [3.05, 3.63) is 17.5 Å². The normalized spacial score (nSPS) is 10.2. The number of aromatic nitrogens is 2. The maximum absolute atomic E-state index is 5.15. The molecule has 1 N–H and O–H groups in total. The van der Waals surface area contributed by atoms with Crippen molar-refractivity contribution in [1.29, 1.82) is 0 Å². The predicted octanol–water partition coefficient (Wildman–Crippen LogP) is 1.18. The molecule has 15 heavy (non-hydrogen) atoms. The van der Waals surface area contributed by atoms with Crippen LogP contribution in [0.3, 0.4) is 0 Å². The van der Waals surface area contributed by atoms with Crippen LogP contribution in [0.2, 0.25) is 0 Å². The molecular weight excluding hydrogens is 206 g/mol. The number of rotatable bonds is 6. The summed E-state index contributed by atoms with van der Waals surface area (Å²) in [6, 6.07) is 0. The van der Waals surface area contributed by atoms with Gasteiger partial charge in [-0.3, -0.25) is 4.68 Å². The molecule has 0 bridgehead atoms. The van der Waals surface area contributed by atoms with E-state index in [0.717, 1.165) is 30.3 Å². The maximum Gasteiger partial charge on any atom is 0.0638 e. The van der Waals surface area contributed by atoms with Crippen LogP contribution in [0.5, 0.6) is 0 Å². The van der Waals surface area contributed by atoms with Gasteiger partial charge >= 0.3 is 0 Å². The number of nitrogens with one attached hydrogen (secondary N) is 1. The van der Waals surface area contributed by atoms with Crippen molar-refractivity contribution in [1.82, 2.24) is 15.1 Å². The first kappa shape index (κ1) is 12.2. The Labute approximate surface area is 95.6 Å². The highest BCUT2D eigenvalue weighted by atomic mass is 32.2. The summed E-state index contributed by atoms with van der Waals surface area (Å²) in [5.74, 6) is 4.47. The number of hydrogen-bond donors (Lipinski definition) is 1. The summed E-state index contributed by atoms with van der Waals surface area (Å²) in [5.41, 5.74) is 2.36. The third kappa shape index (κ3) is 4.41. The Hall–Kier alpha value is -0.920. The van der Waals surface area contributed by atoms with Crippen LogP contribution >= 0.6 is 11.8 Å². The molecule has 4 heteroatoms. The van der Waals surface area contributed by atoms with Crippen molar-refractivity contribution in [3.8, 4) is 12.3 Å². The molecular formula is C11H17N3S. The molecule has 0 amide bonds. The zero-order valence-electron chi connectivity index (χ0n) is 9.29. The van der Waals surface area contributed by atoms with Gasteiger partial charge < -0.3 is 5.32 Å². The first-order valence-electron chi connectivity index (χ1n) is 4.95. The third-order valence-electron chi connectivity index (χ3n) is 2.04. The second-order valence-electron chi connectivity index (χ2n) is 3.35. The first-order valence-corrected chi connectivity index (χ1v) is 6.10. The molecule has 0 atom stereocenters. The number of thioether (sulfide) groups is 1. The quantitative estimate of drug-likeness (QED) is 0.580. The summed E-state index contributed by atoms with van der Waals surface area (Å²) < 4.78 is 1.85. The average molecular weight is 223 g/mol. The zero-order valence-corrected chi connectivity index (χ0v) is 10.1. The molecule has 0 aliphatic carbocycles. The molecule has 1 aromatic heterocycles. The van der Waals surface area contributed by atoms with Gasteiger partial charge in [-0.25, -0.2) is 0 Å². The van der Waals surface area contributed by atoms with Gasteiger partial charge in [0.05, 0.1) is 11.4 Å². The van der Waals surface area contributed by atoms with E-state index in [1.54, 1.807) is 11.8 Å². The topological polar surface area (TPSA) is 29.9 Å². The van der Waals surface area contributed by atoms with Crippen molar-refractivity contribution >= 4 is 11.8 Å². The molecule has 1 heterocycles. The molecule has 1 aromatic rings. The lowest BCUT2D eigenvalue weighted by Crippen LogP contribution is -2.16. The Morgan fingerprint density at radius 2 is 2.47 bits per heavy atom. The van der Waals surface area contributed by atoms with Crippen LogP contribution in [0.4, 0.5) is 0 Å². The zero-order chi connectivity index (χ0) is 11.1. The van der Waals surface area contributed by atoms with Gasteiger partial charge in [-0.05, 0) is 6.92 Å². The van der Waals surface area contributed by atoms with Crippen molar-refractivity contribution in [2.45, 2.75) is 13.5 Å². The maximum atomic E-state index is 5.15. The molecule has 0 unspecified atom stereocenters. The fourth-order valence-corrected chi connectivity index (χ4v) is 1.87. The van der Waals surface area contributed by atoms with Crippen molar-refractivity contribution in [2.75, 3.05) is 18.1 Å². The molecule has 0 saturated carbocycles. The molecule has 82 valence electrons. The van der Waals surface area contributed by atoms with Gasteiger partial charge in [0.1, 0.15) is 0 Å². The summed E-state index contributed by atoms with van der Waals surface area (Å²) in [6.45, 7) is 3.90. The minimum absolute atomic E-state index is 0.799. The molecule has 0 spiro atoms. The molecule has 3 nitrogen and oxygen atoms in total. The van der Waals surface area contributed by atoms with Crippen LogP contribution in [0.15, 0.2) is 6.20 Å². The van der Waals surface area contributed by atoms with E-state index in [9.17, 15) is 0 Å². The molecule has 0 saturated heterocycles. The van der Waals surface area contributed by atoms with Crippen molar-refractivity contribution in [3.63, 3.8) is 0 Å². The number of nitrogens with zero attached hydrogens (tertiary/aromatic N) is 2. The Morgan fingerprint density at radius 3 is 3.07 bits per heavy atom. The average Bonchev–Trinajstić information content (AvgIpc) is 2.51. The molecule has 0 aliphatic heterocycles. The van der Waals surface area contributed by atoms with Gasteiger partial charge in [0.25, 0.3) is 0 Å². The highest BCUT2D eigenvalue weighted by Crippen LogP contribution is 2.03. The second-order valence-corrected chi connectivity index (χ2v) is 4.45. The van der Waals surface area contributed by atoms with Crippen LogP contribution in [0.1, 0.15) is 11.3 Å². The van der Waals surface area contributed by atoms with Gasteiger partial charge in [-0.2, -0.15) is 5.10 Å². The lowest BCUT2D eigenvalue weighted by atomic mass is 10.3. The van der Waals surface area contributed by atoms with E-state index in [1.807, 2.05) is 18.7 Å². The first-order chi connectivity index (χ1) is 7.24. The number of aryl methyl sites for hydroxylation is 2. The predicted molar refractivity (Wildman–Crippen MR) is 65.8 cm³/mol. The Kier molecular flexibility index (Phi) is 5.30. The van der Waals surface area contributed by atoms with Gasteiger partial charge in [-0.1, -0.05) is 5.92 Å². The smallest absolute Gasteiger partial charge is 0.0638 e. The highest BCUT2D eigenvalue weighted by Gasteiger charge is 2.01. The second kappa shape index (κ2) is 6.54. The highest BCUT2D eigenvalue weighted by molar-refractivity contribution is 7.99. The van der Waals surface area contributed by atoms with Crippen LogP contribution in [-0.2, 0) is 13.6 Å². The summed E-state index contributed by atoms with van der Waals surface area (Å²) in [7, 11) is 1.94. The lowest BCUT2D eigenvalue weighted by molar-refractivity contribution is 0.727. The summed E-state index contributed by atoms with van der Waals surface area (Å²) in [6.07, 6.45) is 7.21. The van der Waals surface area contributed by atoms with E-state index >= 15 is 0 Å². The van der Waals surface area contributed by atoms with Crippen LogP contribution in [-0.4, -0.2) is 27.8 Å². The van der Waals surface area contributed by atoms with Crippen LogP contribution in [0, 0.1) is 19.3 Å². The number of terminal acetylenes is 1. The van der Waals surface area contributed by atoms with E-state index in [1.165, 1.54) is 5.56 Å². The summed E-state index contributed by atoms with van der Waals surface area (Å²) in [5, 5.41) is 7.66. The Morgan fingerprint density at radius 1 is 1.67 bits per heavy atom. The van der Waals surface area contributed by atoms with Crippen molar-refractivity contribution in [2.24, 2.45) is 7.05 Å². The fraction of sp³-hybridized carbons (Fsp3) is 0.545. The molecule has 0 fully saturated rings. The van der Waals surface area contributed by atoms with Gasteiger partial charge in [0.15, 0.2) is 0 Å². The summed E-state index contributed by atoms with van der Waals surface area (Å²) >= 11 is 1.78. The third-order valence-corrected chi connectivity index (χ3v) is 2.90. The summed E-state index contributed by atoms with van der Waals surface area (Å²) in [4.78, 5) is 0. The lowest BCUT2D eigenvalue weighted by Gasteiger charge is -2.02. The molecule has 1 rings (SSSR count). The van der Waals surface area contributed by atoms with E-state index in [4.69, 9.17) is 6.42 Å². The van der Waals surface area contributed by atoms with Crippen molar-refractivity contribution < 1.29 is 0 Å². The van der Waals surface area contributed by atoms with Gasteiger partial charge in [0, 0.05) is 37.7 Å². The SMILES string of the molecule is C#CCSCCNCc1cn(C)nc1C. The van der Waals surface area contributed by atoms with E-state index in [-0.39, 0.29) is 0 Å². The standard InChI is InChI=1S/C11H17N3S/c1-4-6-15-7-5-12-8-11-9-14(3)13-10(11)2/h1,9,12H,5-8H2,2-3H3. The van der Waals surface area contributed by atoms with E-state index in [2.05, 4.69) is 22.5 Å². The van der Waals surface area contributed by atoms with Gasteiger partial charge in [0.2, 0.25) is 0 Å². The van der Waals surface area contributed by atoms with Gasteiger partial charge in [-0.15, -0.1) is 18.2 Å². The van der Waals surface area contributed by atoms with Crippen LogP contribution < -0.4 is 5.32 Å². The number of hydrogen-bond acceptors (Lipinski definition) is 3. The molecule has 0 aliphatic rings. The minimum atomic E-state index is 0.799. The Balaban J connectivity index is 2.15. The molecule has 0 aromatic carbocycles. The molecule has 0 radical (unpaired) electrons. The monoisotopic (exact) mass is 223 g/mol. The minimum Gasteiger partial charge on any atom is -0.312 e. The van der Waals surface area contributed by atoms with E-state index < -0.39 is 0 Å². The fourth-order valence-electron chi connectivity index (χ4n) is 1.32.